The lowest BCUT2D eigenvalue weighted by atomic mass is 9.97. The number of amides is 4. The normalized spacial score (nSPS) is 21.2. The second kappa shape index (κ2) is 8.87. The molecule has 2 fully saturated rings. The monoisotopic (exact) mass is 365 g/mol. The molecular formula is C20H35N3O3. The van der Waals surface area contributed by atoms with Crippen LogP contribution in [0.3, 0.4) is 0 Å². The number of imide groups is 1. The topological polar surface area (TPSA) is 69.7 Å². The number of nitrogens with zero attached hydrogens (tertiary/aromatic N) is 2. The molecule has 1 aliphatic heterocycles. The zero-order valence-corrected chi connectivity index (χ0v) is 16.8. The number of hydrogen-bond donors (Lipinski definition) is 1. The van der Waals surface area contributed by atoms with E-state index in [0.29, 0.717) is 19.4 Å². The van der Waals surface area contributed by atoms with Gasteiger partial charge in [0, 0.05) is 12.6 Å². The van der Waals surface area contributed by atoms with E-state index in [4.69, 9.17) is 0 Å². The Morgan fingerprint density at radius 1 is 1.15 bits per heavy atom. The molecule has 1 saturated heterocycles. The minimum absolute atomic E-state index is 0.111. The van der Waals surface area contributed by atoms with Crippen LogP contribution < -0.4 is 5.32 Å². The van der Waals surface area contributed by atoms with Gasteiger partial charge in [0.15, 0.2) is 0 Å². The Bertz CT molecular complexity index is 528. The molecule has 1 aliphatic carbocycles. The lowest BCUT2D eigenvalue weighted by Gasteiger charge is -2.34. The summed E-state index contributed by atoms with van der Waals surface area (Å²) in [6.45, 7) is 8.69. The predicted molar refractivity (Wildman–Crippen MR) is 102 cm³/mol. The highest BCUT2D eigenvalue weighted by Gasteiger charge is 2.54. The van der Waals surface area contributed by atoms with Crippen molar-refractivity contribution in [2.24, 2.45) is 0 Å². The maximum Gasteiger partial charge on any atom is 0.325 e. The lowest BCUT2D eigenvalue weighted by Crippen LogP contribution is -2.53. The summed E-state index contributed by atoms with van der Waals surface area (Å²) in [7, 11) is 0. The molecule has 1 spiro atoms. The third-order valence-electron chi connectivity index (χ3n) is 5.92. The number of carbonyl (C=O) groups is 3. The van der Waals surface area contributed by atoms with Crippen LogP contribution >= 0.6 is 0 Å². The lowest BCUT2D eigenvalue weighted by molar-refractivity contribution is -0.144. The highest BCUT2D eigenvalue weighted by atomic mass is 16.2. The minimum atomic E-state index is -0.756. The summed E-state index contributed by atoms with van der Waals surface area (Å²) in [5.41, 5.74) is -0.756. The summed E-state index contributed by atoms with van der Waals surface area (Å²) in [4.78, 5) is 41.7. The minimum Gasteiger partial charge on any atom is -0.338 e. The summed E-state index contributed by atoms with van der Waals surface area (Å²) >= 11 is 0. The Morgan fingerprint density at radius 2 is 1.81 bits per heavy atom. The number of rotatable bonds is 9. The van der Waals surface area contributed by atoms with Crippen molar-refractivity contribution in [2.75, 3.05) is 6.54 Å². The van der Waals surface area contributed by atoms with Crippen molar-refractivity contribution < 1.29 is 14.4 Å². The molecule has 2 aliphatic rings. The number of unbranched alkanes of at least 4 members (excludes halogenated alkanes) is 2. The second-order valence-corrected chi connectivity index (χ2v) is 7.95. The van der Waals surface area contributed by atoms with Crippen molar-refractivity contribution in [3.63, 3.8) is 0 Å². The highest BCUT2D eigenvalue weighted by molar-refractivity contribution is 6.10. The SMILES string of the molecule is CCCCCN(C(=O)C(C)N1C(=O)NC2(CCCC2)C1=O)C(C)CCC. The maximum atomic E-state index is 13.2. The van der Waals surface area contributed by atoms with Gasteiger partial charge in [0.2, 0.25) is 5.91 Å². The van der Waals surface area contributed by atoms with Gasteiger partial charge in [0.05, 0.1) is 0 Å². The van der Waals surface area contributed by atoms with E-state index >= 15 is 0 Å². The Kier molecular flexibility index (Phi) is 7.07. The summed E-state index contributed by atoms with van der Waals surface area (Å²) < 4.78 is 0. The smallest absolute Gasteiger partial charge is 0.325 e. The first kappa shape index (κ1) is 20.7. The van der Waals surface area contributed by atoms with Crippen molar-refractivity contribution in [3.05, 3.63) is 0 Å². The van der Waals surface area contributed by atoms with E-state index in [1.54, 1.807) is 6.92 Å². The van der Waals surface area contributed by atoms with Crippen molar-refractivity contribution in [1.29, 1.82) is 0 Å². The average Bonchev–Trinajstić information content (AvgIpc) is 3.16. The Hall–Kier alpha value is -1.59. The van der Waals surface area contributed by atoms with Gasteiger partial charge < -0.3 is 10.2 Å². The molecule has 26 heavy (non-hydrogen) atoms. The highest BCUT2D eigenvalue weighted by Crippen LogP contribution is 2.36. The van der Waals surface area contributed by atoms with Gasteiger partial charge in [-0.15, -0.1) is 0 Å². The first-order valence-electron chi connectivity index (χ1n) is 10.3. The fourth-order valence-corrected chi connectivity index (χ4v) is 4.31. The van der Waals surface area contributed by atoms with Crippen LogP contribution in [0.25, 0.3) is 0 Å². The average molecular weight is 366 g/mol. The molecular weight excluding hydrogens is 330 g/mol. The van der Waals surface area contributed by atoms with Crippen LogP contribution in [-0.2, 0) is 9.59 Å². The predicted octanol–water partition coefficient (Wildman–Crippen LogP) is 3.45. The van der Waals surface area contributed by atoms with Crippen LogP contribution in [0.4, 0.5) is 4.79 Å². The third-order valence-corrected chi connectivity index (χ3v) is 5.92. The summed E-state index contributed by atoms with van der Waals surface area (Å²) in [5, 5.41) is 2.88. The van der Waals surface area contributed by atoms with Crippen LogP contribution in [0, 0.1) is 0 Å². The second-order valence-electron chi connectivity index (χ2n) is 7.95. The molecule has 4 amide bonds. The van der Waals surface area contributed by atoms with Crippen LogP contribution in [0.2, 0.25) is 0 Å². The zero-order chi connectivity index (χ0) is 19.3. The van der Waals surface area contributed by atoms with E-state index in [9.17, 15) is 14.4 Å². The van der Waals surface area contributed by atoms with Crippen molar-refractivity contribution in [3.8, 4) is 0 Å². The summed E-state index contributed by atoms with van der Waals surface area (Å²) in [6.07, 6.45) is 8.29. The van der Waals surface area contributed by atoms with E-state index in [1.165, 1.54) is 4.90 Å². The van der Waals surface area contributed by atoms with Crippen LogP contribution in [0.1, 0.15) is 85.5 Å². The van der Waals surface area contributed by atoms with Gasteiger partial charge in [-0.1, -0.05) is 46.0 Å². The third kappa shape index (κ3) is 4.04. The molecule has 0 bridgehead atoms. The molecule has 0 aromatic rings. The molecule has 6 heteroatoms. The van der Waals surface area contributed by atoms with Gasteiger partial charge in [-0.2, -0.15) is 0 Å². The van der Waals surface area contributed by atoms with Crippen molar-refractivity contribution >= 4 is 17.8 Å². The molecule has 1 N–H and O–H groups in total. The van der Waals surface area contributed by atoms with Crippen molar-refractivity contribution in [1.82, 2.24) is 15.1 Å². The number of carbonyl (C=O) groups excluding carboxylic acids is 3. The van der Waals surface area contributed by atoms with Gasteiger partial charge in [-0.05, 0) is 39.5 Å². The fourth-order valence-electron chi connectivity index (χ4n) is 4.31. The fraction of sp³-hybridized carbons (Fsp3) is 0.850. The molecule has 0 aromatic heterocycles. The van der Waals surface area contributed by atoms with E-state index in [2.05, 4.69) is 26.1 Å². The molecule has 2 atom stereocenters. The Balaban J connectivity index is 2.13. The van der Waals surface area contributed by atoms with Gasteiger partial charge in [-0.25, -0.2) is 9.69 Å². The molecule has 6 nitrogen and oxygen atoms in total. The largest absolute Gasteiger partial charge is 0.338 e. The quantitative estimate of drug-likeness (QED) is 0.502. The van der Waals surface area contributed by atoms with Crippen molar-refractivity contribution in [2.45, 2.75) is 103 Å². The number of nitrogens with one attached hydrogen (secondary N) is 1. The van der Waals surface area contributed by atoms with Crippen LogP contribution in [0.15, 0.2) is 0 Å². The first-order chi connectivity index (χ1) is 12.4. The zero-order valence-electron chi connectivity index (χ0n) is 16.8. The van der Waals surface area contributed by atoms with Gasteiger partial charge in [-0.3, -0.25) is 9.59 Å². The van der Waals surface area contributed by atoms with E-state index < -0.39 is 17.6 Å². The molecule has 0 radical (unpaired) electrons. The number of hydrogen-bond acceptors (Lipinski definition) is 3. The molecule has 1 heterocycles. The molecule has 1 saturated carbocycles. The van der Waals surface area contributed by atoms with Gasteiger partial charge >= 0.3 is 6.03 Å². The summed E-state index contributed by atoms with van der Waals surface area (Å²) in [6, 6.07) is -1.04. The standard InChI is InChI=1S/C20H35N3O3/c1-5-7-10-14-22(15(3)11-6-2)17(24)16(4)23-18(25)20(21-19(23)26)12-8-9-13-20/h15-16H,5-14H2,1-4H3,(H,21,26). The van der Waals surface area contributed by atoms with Crippen LogP contribution in [-0.4, -0.2) is 51.8 Å². The molecule has 148 valence electrons. The first-order valence-corrected chi connectivity index (χ1v) is 10.3. The van der Waals surface area contributed by atoms with E-state index in [-0.39, 0.29) is 17.9 Å². The van der Waals surface area contributed by atoms with Gasteiger partial charge in [0.1, 0.15) is 11.6 Å². The van der Waals surface area contributed by atoms with E-state index in [0.717, 1.165) is 44.9 Å². The van der Waals surface area contributed by atoms with Gasteiger partial charge in [0.25, 0.3) is 5.91 Å². The molecule has 2 rings (SSSR count). The Labute approximate surface area is 157 Å². The van der Waals surface area contributed by atoms with E-state index in [1.807, 2.05) is 4.90 Å². The molecule has 2 unspecified atom stereocenters. The summed E-state index contributed by atoms with van der Waals surface area (Å²) in [5.74, 6) is -0.321. The maximum absolute atomic E-state index is 13.2. The Morgan fingerprint density at radius 3 is 2.38 bits per heavy atom. The molecule has 0 aromatic carbocycles. The van der Waals surface area contributed by atoms with Crippen LogP contribution in [0.5, 0.6) is 0 Å². The number of urea groups is 1.